The molecule has 0 unspecified atom stereocenters. The minimum atomic E-state index is -0.757. The monoisotopic (exact) mass is 341 g/mol. The zero-order valence-electron chi connectivity index (χ0n) is 12.5. The Labute approximate surface area is 136 Å². The fraction of sp³-hybridized carbons (Fsp3) is 0.615. The van der Waals surface area contributed by atoms with E-state index in [2.05, 4.69) is 15.0 Å². The van der Waals surface area contributed by atoms with Crippen molar-refractivity contribution in [2.45, 2.75) is 44.2 Å². The molecule has 0 spiro atoms. The maximum atomic E-state index is 9.55. The van der Waals surface area contributed by atoms with Gasteiger partial charge in [0.05, 0.1) is 12.9 Å². The number of fused-ring (bicyclic) bond motifs is 2. The van der Waals surface area contributed by atoms with E-state index in [1.807, 2.05) is 13.8 Å². The van der Waals surface area contributed by atoms with Crippen molar-refractivity contribution in [1.29, 1.82) is 0 Å². The fourth-order valence-electron chi connectivity index (χ4n) is 3.13. The van der Waals surface area contributed by atoms with E-state index in [1.54, 1.807) is 10.9 Å². The minimum Gasteiger partial charge on any atom is -0.394 e. The Bertz CT molecular complexity index is 766. The van der Waals surface area contributed by atoms with Crippen LogP contribution in [0.25, 0.3) is 11.2 Å². The molecular formula is C13H16ClN5O4. The molecule has 0 amide bonds. The Morgan fingerprint density at radius 2 is 2.09 bits per heavy atom. The molecule has 9 nitrogen and oxygen atoms in total. The van der Waals surface area contributed by atoms with E-state index in [1.165, 1.54) is 0 Å². The third-order valence-electron chi connectivity index (χ3n) is 4.00. The number of nitrogens with zero attached hydrogens (tertiary/aromatic N) is 4. The molecular weight excluding hydrogens is 326 g/mol. The molecule has 0 aliphatic carbocycles. The Morgan fingerprint density at radius 1 is 1.35 bits per heavy atom. The number of halogens is 1. The highest BCUT2D eigenvalue weighted by Crippen LogP contribution is 2.43. The number of hydrogen-bond donors (Lipinski definition) is 2. The lowest BCUT2D eigenvalue weighted by atomic mass is 10.1. The Hall–Kier alpha value is -1.52. The van der Waals surface area contributed by atoms with Crippen LogP contribution in [0, 0.1) is 0 Å². The summed E-state index contributed by atoms with van der Waals surface area (Å²) in [5, 5.41) is 9.57. The van der Waals surface area contributed by atoms with Gasteiger partial charge in [-0.2, -0.15) is 9.97 Å². The molecule has 0 aromatic carbocycles. The normalized spacial score (nSPS) is 32.5. The average Bonchev–Trinajstić information content (AvgIpc) is 3.09. The molecule has 2 aromatic rings. The van der Waals surface area contributed by atoms with Crippen LogP contribution in [0.5, 0.6) is 0 Å². The first kappa shape index (κ1) is 15.0. The quantitative estimate of drug-likeness (QED) is 0.757. The van der Waals surface area contributed by atoms with Gasteiger partial charge in [-0.05, 0) is 25.4 Å². The van der Waals surface area contributed by atoms with Crippen LogP contribution in [0.2, 0.25) is 5.28 Å². The summed E-state index contributed by atoms with van der Waals surface area (Å²) in [5.41, 5.74) is 6.70. The van der Waals surface area contributed by atoms with Gasteiger partial charge in [0.25, 0.3) is 0 Å². The SMILES string of the molecule is CC1(C)O[C@@H]2[C@H](O1)[C@@H](CO)O[C@H]2n1cnc2c(N)nc(Cl)nc21. The second-order valence-electron chi connectivity index (χ2n) is 6.01. The van der Waals surface area contributed by atoms with Crippen LogP contribution in [0.1, 0.15) is 20.1 Å². The van der Waals surface area contributed by atoms with E-state index < -0.39 is 24.2 Å². The summed E-state index contributed by atoms with van der Waals surface area (Å²) in [6, 6.07) is 0. The van der Waals surface area contributed by atoms with Gasteiger partial charge < -0.3 is 25.1 Å². The first-order valence-electron chi connectivity index (χ1n) is 7.17. The number of aliphatic hydroxyl groups excluding tert-OH is 1. The van der Waals surface area contributed by atoms with Crippen LogP contribution in [-0.2, 0) is 14.2 Å². The van der Waals surface area contributed by atoms with Crippen LogP contribution < -0.4 is 5.73 Å². The van der Waals surface area contributed by atoms with Gasteiger partial charge in [0, 0.05) is 0 Å². The summed E-state index contributed by atoms with van der Waals surface area (Å²) in [4.78, 5) is 12.3. The maximum Gasteiger partial charge on any atom is 0.226 e. The van der Waals surface area contributed by atoms with E-state index >= 15 is 0 Å². The van der Waals surface area contributed by atoms with Gasteiger partial charge in [-0.3, -0.25) is 4.57 Å². The molecule has 4 atom stereocenters. The lowest BCUT2D eigenvalue weighted by Gasteiger charge is -2.24. The van der Waals surface area contributed by atoms with Crippen LogP contribution in [0.3, 0.4) is 0 Å². The van der Waals surface area contributed by atoms with E-state index in [4.69, 9.17) is 31.5 Å². The summed E-state index contributed by atoms with van der Waals surface area (Å²) < 4.78 is 19.3. The highest BCUT2D eigenvalue weighted by Gasteiger charge is 2.55. The average molecular weight is 342 g/mol. The first-order chi connectivity index (χ1) is 10.9. The Kier molecular flexibility index (Phi) is 3.26. The number of aliphatic hydroxyl groups is 1. The van der Waals surface area contributed by atoms with Crippen LogP contribution in [-0.4, -0.2) is 55.3 Å². The van der Waals surface area contributed by atoms with Gasteiger partial charge in [-0.15, -0.1) is 0 Å². The van der Waals surface area contributed by atoms with Gasteiger partial charge in [-0.25, -0.2) is 4.98 Å². The molecule has 10 heteroatoms. The molecule has 2 saturated heterocycles. The van der Waals surface area contributed by atoms with Gasteiger partial charge in [0.1, 0.15) is 23.8 Å². The second-order valence-corrected chi connectivity index (χ2v) is 6.35. The summed E-state index contributed by atoms with van der Waals surface area (Å²) in [6.45, 7) is 3.46. The molecule has 0 saturated carbocycles. The third kappa shape index (κ3) is 2.27. The largest absolute Gasteiger partial charge is 0.394 e. The number of ether oxygens (including phenoxy) is 3. The second kappa shape index (κ2) is 4.99. The van der Waals surface area contributed by atoms with Gasteiger partial charge in [-0.1, -0.05) is 0 Å². The number of rotatable bonds is 2. The van der Waals surface area contributed by atoms with Crippen molar-refractivity contribution < 1.29 is 19.3 Å². The molecule has 4 rings (SSSR count). The number of imidazole rings is 1. The molecule has 2 aliphatic rings. The number of nitrogen functional groups attached to an aromatic ring is 1. The number of anilines is 1. The highest BCUT2D eigenvalue weighted by molar-refractivity contribution is 6.28. The zero-order chi connectivity index (χ0) is 16.4. The molecule has 124 valence electrons. The predicted octanol–water partition coefficient (Wildman–Crippen LogP) is 0.472. The Morgan fingerprint density at radius 3 is 2.83 bits per heavy atom. The maximum absolute atomic E-state index is 9.55. The highest BCUT2D eigenvalue weighted by atomic mass is 35.5. The molecule has 2 aliphatic heterocycles. The van der Waals surface area contributed by atoms with Crippen LogP contribution in [0.4, 0.5) is 5.82 Å². The van der Waals surface area contributed by atoms with E-state index in [0.29, 0.717) is 11.2 Å². The summed E-state index contributed by atoms with van der Waals surface area (Å²) in [7, 11) is 0. The lowest BCUT2D eigenvalue weighted by Crippen LogP contribution is -2.31. The molecule has 3 N–H and O–H groups in total. The standard InChI is InChI=1S/C13H16ClN5O4/c1-13(2)22-7-5(3-20)21-11(8(7)23-13)19-4-16-6-9(15)17-12(14)18-10(6)19/h4-5,7-8,11,20H,3H2,1-2H3,(H2,15,17,18)/t5-,7-,8-,11-/m1/s1. The molecule has 0 radical (unpaired) electrons. The van der Waals surface area contributed by atoms with Crippen molar-refractivity contribution in [3.63, 3.8) is 0 Å². The van der Waals surface area contributed by atoms with E-state index in [0.717, 1.165) is 0 Å². The zero-order valence-corrected chi connectivity index (χ0v) is 13.3. The van der Waals surface area contributed by atoms with E-state index in [-0.39, 0.29) is 23.8 Å². The molecule has 0 bridgehead atoms. The number of aromatic nitrogens is 4. The minimum absolute atomic E-state index is 0.0222. The summed E-state index contributed by atoms with van der Waals surface area (Å²) in [5.74, 6) is -0.566. The molecule has 2 aromatic heterocycles. The van der Waals surface area contributed by atoms with Crippen molar-refractivity contribution in [3.05, 3.63) is 11.6 Å². The van der Waals surface area contributed by atoms with Gasteiger partial charge in [0.2, 0.25) is 5.28 Å². The van der Waals surface area contributed by atoms with Crippen LogP contribution in [0.15, 0.2) is 6.33 Å². The van der Waals surface area contributed by atoms with Gasteiger partial charge >= 0.3 is 0 Å². The lowest BCUT2D eigenvalue weighted by molar-refractivity contribution is -0.199. The van der Waals surface area contributed by atoms with E-state index in [9.17, 15) is 5.11 Å². The van der Waals surface area contributed by atoms with Gasteiger partial charge in [0.15, 0.2) is 23.5 Å². The first-order valence-corrected chi connectivity index (χ1v) is 7.55. The smallest absolute Gasteiger partial charge is 0.226 e. The fourth-order valence-corrected chi connectivity index (χ4v) is 3.30. The topological polar surface area (TPSA) is 118 Å². The Balaban J connectivity index is 1.79. The predicted molar refractivity (Wildman–Crippen MR) is 79.6 cm³/mol. The van der Waals surface area contributed by atoms with Crippen molar-refractivity contribution in [1.82, 2.24) is 19.5 Å². The molecule has 2 fully saturated rings. The van der Waals surface area contributed by atoms with Crippen LogP contribution >= 0.6 is 11.6 Å². The van der Waals surface area contributed by atoms with Crippen molar-refractivity contribution in [2.24, 2.45) is 0 Å². The number of nitrogens with two attached hydrogens (primary N) is 1. The summed E-state index contributed by atoms with van der Waals surface area (Å²) >= 11 is 5.89. The third-order valence-corrected chi connectivity index (χ3v) is 4.17. The molecule has 4 heterocycles. The number of hydrogen-bond acceptors (Lipinski definition) is 8. The van der Waals surface area contributed by atoms with Crippen molar-refractivity contribution in [3.8, 4) is 0 Å². The molecule has 23 heavy (non-hydrogen) atoms. The summed E-state index contributed by atoms with van der Waals surface area (Å²) in [6.07, 6.45) is -0.308. The van der Waals surface area contributed by atoms with Crippen molar-refractivity contribution in [2.75, 3.05) is 12.3 Å². The van der Waals surface area contributed by atoms with Crippen molar-refractivity contribution >= 4 is 28.6 Å².